The number of ether oxygens (including phenoxy) is 4. The van der Waals surface area contributed by atoms with Crippen LogP contribution in [0.1, 0.15) is 23.7 Å². The lowest BCUT2D eigenvalue weighted by atomic mass is 10.2. The van der Waals surface area contributed by atoms with Gasteiger partial charge < -0.3 is 24.7 Å². The molecule has 0 aliphatic heterocycles. The van der Waals surface area contributed by atoms with Gasteiger partial charge in [-0.15, -0.1) is 0 Å². The van der Waals surface area contributed by atoms with E-state index in [1.165, 1.54) is 0 Å². The number of hydrogen-bond donors (Lipinski definition) is 1. The topological polar surface area (TPSA) is 80.0 Å². The van der Waals surface area contributed by atoms with Crippen LogP contribution in [-0.4, -0.2) is 46.1 Å². The fourth-order valence-corrected chi connectivity index (χ4v) is 1.62. The first kappa shape index (κ1) is 17.3. The third kappa shape index (κ3) is 6.46. The maximum Gasteiger partial charge on any atom is 0.338 e. The van der Waals surface area contributed by atoms with Crippen LogP contribution in [0.2, 0.25) is 0 Å². The molecule has 1 aromatic rings. The molecule has 0 bridgehead atoms. The van der Waals surface area contributed by atoms with Crippen LogP contribution in [0, 0.1) is 0 Å². The first-order chi connectivity index (χ1) is 10.2. The highest BCUT2D eigenvalue weighted by molar-refractivity contribution is 5.91. The van der Waals surface area contributed by atoms with E-state index in [1.54, 1.807) is 25.3 Å². The van der Waals surface area contributed by atoms with Gasteiger partial charge in [-0.05, 0) is 25.1 Å². The molecule has 0 aromatic heterocycles. The van der Waals surface area contributed by atoms with Crippen LogP contribution in [-0.2, 0) is 14.2 Å². The number of hydrogen-bond acceptors (Lipinski definition) is 6. The second-order valence-corrected chi connectivity index (χ2v) is 4.28. The van der Waals surface area contributed by atoms with Crippen LogP contribution >= 0.6 is 0 Å². The number of nitrogens with two attached hydrogens (primary N) is 1. The highest BCUT2D eigenvalue weighted by Crippen LogP contribution is 2.22. The zero-order valence-corrected chi connectivity index (χ0v) is 12.6. The molecule has 21 heavy (non-hydrogen) atoms. The molecule has 0 saturated heterocycles. The monoisotopic (exact) mass is 297 g/mol. The molecular weight excluding hydrogens is 274 g/mol. The van der Waals surface area contributed by atoms with Crippen LogP contribution in [0.25, 0.3) is 0 Å². The number of carbonyl (C=O) groups is 1. The number of nitrogen functional groups attached to an aromatic ring is 1. The summed E-state index contributed by atoms with van der Waals surface area (Å²) in [7, 11) is 1.62. The Morgan fingerprint density at radius 3 is 2.67 bits per heavy atom. The number of esters is 1. The second-order valence-electron chi connectivity index (χ2n) is 4.28. The molecule has 0 spiro atoms. The van der Waals surface area contributed by atoms with E-state index in [4.69, 9.17) is 24.7 Å². The molecule has 0 aliphatic rings. The highest BCUT2D eigenvalue weighted by atomic mass is 16.5. The van der Waals surface area contributed by atoms with Crippen LogP contribution in [0.3, 0.4) is 0 Å². The number of anilines is 1. The summed E-state index contributed by atoms with van der Waals surface area (Å²) in [4.78, 5) is 11.8. The number of carbonyl (C=O) groups excluding carboxylic acids is 1. The Labute approximate surface area is 125 Å². The quantitative estimate of drug-likeness (QED) is 0.403. The summed E-state index contributed by atoms with van der Waals surface area (Å²) in [6, 6.07) is 4.87. The minimum absolute atomic E-state index is 0.304. The van der Waals surface area contributed by atoms with Gasteiger partial charge in [0.1, 0.15) is 5.75 Å². The predicted octanol–water partition coefficient (Wildman–Crippen LogP) is 1.88. The zero-order valence-electron chi connectivity index (χ0n) is 12.6. The zero-order chi connectivity index (χ0) is 15.5. The van der Waals surface area contributed by atoms with Crippen LogP contribution in [0.5, 0.6) is 5.75 Å². The average Bonchev–Trinajstić information content (AvgIpc) is 2.48. The summed E-state index contributed by atoms with van der Waals surface area (Å²) in [6.45, 7) is 4.33. The molecule has 0 saturated carbocycles. The standard InChI is InChI=1S/C15H23NO5/c1-3-20-14-6-5-12(11-13(14)16)15(17)21-8-4-7-19-10-9-18-2/h5-6,11H,3-4,7-10,16H2,1-2H3. The van der Waals surface area contributed by atoms with Gasteiger partial charge in [-0.3, -0.25) is 0 Å². The molecule has 2 N–H and O–H groups in total. The Morgan fingerprint density at radius 2 is 2.00 bits per heavy atom. The fraction of sp³-hybridized carbons (Fsp3) is 0.533. The van der Waals surface area contributed by atoms with Gasteiger partial charge in [-0.25, -0.2) is 4.79 Å². The van der Waals surface area contributed by atoms with E-state index in [2.05, 4.69) is 0 Å². The first-order valence-electron chi connectivity index (χ1n) is 6.95. The summed E-state index contributed by atoms with van der Waals surface area (Å²) < 4.78 is 20.6. The largest absolute Gasteiger partial charge is 0.492 e. The summed E-state index contributed by atoms with van der Waals surface area (Å²) in [5.74, 6) is 0.169. The second kappa shape index (κ2) is 10.0. The van der Waals surface area contributed by atoms with Gasteiger partial charge in [0.15, 0.2) is 0 Å². The van der Waals surface area contributed by atoms with Gasteiger partial charge in [0.2, 0.25) is 0 Å². The molecule has 0 atom stereocenters. The smallest absolute Gasteiger partial charge is 0.338 e. The van der Waals surface area contributed by atoms with Gasteiger partial charge in [-0.1, -0.05) is 0 Å². The van der Waals surface area contributed by atoms with Gasteiger partial charge in [0.05, 0.1) is 37.7 Å². The molecule has 0 fully saturated rings. The minimum Gasteiger partial charge on any atom is -0.492 e. The summed E-state index contributed by atoms with van der Waals surface area (Å²) in [6.07, 6.45) is 0.641. The lowest BCUT2D eigenvalue weighted by Crippen LogP contribution is -2.10. The predicted molar refractivity (Wildman–Crippen MR) is 79.6 cm³/mol. The van der Waals surface area contributed by atoms with E-state index in [0.717, 1.165) is 0 Å². The van der Waals surface area contributed by atoms with Crippen LogP contribution in [0.15, 0.2) is 18.2 Å². The van der Waals surface area contributed by atoms with E-state index in [0.29, 0.717) is 56.5 Å². The molecule has 1 aromatic carbocycles. The van der Waals surface area contributed by atoms with Crippen molar-refractivity contribution in [3.8, 4) is 5.75 Å². The Kier molecular flexibility index (Phi) is 8.23. The molecular formula is C15H23NO5. The van der Waals surface area contributed by atoms with Gasteiger partial charge in [0.25, 0.3) is 0 Å². The maximum absolute atomic E-state index is 11.8. The van der Waals surface area contributed by atoms with Gasteiger partial charge in [0, 0.05) is 20.1 Å². The van der Waals surface area contributed by atoms with Crippen molar-refractivity contribution >= 4 is 11.7 Å². The van der Waals surface area contributed by atoms with Crippen molar-refractivity contribution < 1.29 is 23.7 Å². The minimum atomic E-state index is -0.401. The Hall–Kier alpha value is -1.79. The molecule has 0 amide bonds. The molecule has 0 unspecified atom stereocenters. The Bertz CT molecular complexity index is 436. The Balaban J connectivity index is 2.30. The van der Waals surface area contributed by atoms with Crippen molar-refractivity contribution in [1.29, 1.82) is 0 Å². The maximum atomic E-state index is 11.8. The van der Waals surface area contributed by atoms with Gasteiger partial charge >= 0.3 is 5.97 Å². The van der Waals surface area contributed by atoms with E-state index in [-0.39, 0.29) is 0 Å². The fourth-order valence-electron chi connectivity index (χ4n) is 1.62. The lowest BCUT2D eigenvalue weighted by molar-refractivity contribution is 0.0385. The van der Waals surface area contributed by atoms with Gasteiger partial charge in [-0.2, -0.15) is 0 Å². The van der Waals surface area contributed by atoms with Crippen LogP contribution in [0.4, 0.5) is 5.69 Å². The third-order valence-electron chi connectivity index (χ3n) is 2.64. The molecule has 0 aliphatic carbocycles. The van der Waals surface area contributed by atoms with Crippen LogP contribution < -0.4 is 10.5 Å². The Morgan fingerprint density at radius 1 is 1.19 bits per heavy atom. The molecule has 1 rings (SSSR count). The number of rotatable bonds is 10. The van der Waals surface area contributed by atoms with Crippen molar-refractivity contribution in [3.63, 3.8) is 0 Å². The van der Waals surface area contributed by atoms with E-state index in [9.17, 15) is 4.79 Å². The van der Waals surface area contributed by atoms with E-state index >= 15 is 0 Å². The van der Waals surface area contributed by atoms with E-state index in [1.807, 2.05) is 6.92 Å². The van der Waals surface area contributed by atoms with Crippen molar-refractivity contribution in [2.24, 2.45) is 0 Å². The van der Waals surface area contributed by atoms with E-state index < -0.39 is 5.97 Å². The summed E-state index contributed by atoms with van der Waals surface area (Å²) >= 11 is 0. The van der Waals surface area contributed by atoms with Crippen molar-refractivity contribution in [2.45, 2.75) is 13.3 Å². The van der Waals surface area contributed by atoms with Crippen molar-refractivity contribution in [3.05, 3.63) is 23.8 Å². The summed E-state index contributed by atoms with van der Waals surface area (Å²) in [5, 5.41) is 0. The number of benzene rings is 1. The molecule has 118 valence electrons. The molecule has 0 radical (unpaired) electrons. The lowest BCUT2D eigenvalue weighted by Gasteiger charge is -2.09. The van der Waals surface area contributed by atoms with Crippen molar-refractivity contribution in [2.75, 3.05) is 45.9 Å². The average molecular weight is 297 g/mol. The third-order valence-corrected chi connectivity index (χ3v) is 2.64. The normalized spacial score (nSPS) is 10.4. The highest BCUT2D eigenvalue weighted by Gasteiger charge is 2.09. The molecule has 6 heteroatoms. The number of methoxy groups -OCH3 is 1. The molecule has 0 heterocycles. The SMILES string of the molecule is CCOc1ccc(C(=O)OCCCOCCOC)cc1N. The summed E-state index contributed by atoms with van der Waals surface area (Å²) in [5.41, 5.74) is 6.64. The van der Waals surface area contributed by atoms with Crippen molar-refractivity contribution in [1.82, 2.24) is 0 Å². The first-order valence-corrected chi connectivity index (χ1v) is 6.95. The molecule has 6 nitrogen and oxygen atoms in total.